The van der Waals surface area contributed by atoms with Crippen LogP contribution in [-0.2, 0) is 14.6 Å². The number of sulfone groups is 1. The molecule has 5 nitrogen and oxygen atoms in total. The van der Waals surface area contributed by atoms with Crippen LogP contribution in [0.25, 0.3) is 0 Å². The highest BCUT2D eigenvalue weighted by Crippen LogP contribution is 2.10. The first-order valence-corrected chi connectivity index (χ1v) is 8.10. The zero-order chi connectivity index (χ0) is 14.3. The Morgan fingerprint density at radius 2 is 1.89 bits per heavy atom. The van der Waals surface area contributed by atoms with Gasteiger partial charge >= 0.3 is 0 Å². The second kappa shape index (κ2) is 7.47. The first-order valence-electron chi connectivity index (χ1n) is 5.67. The lowest BCUT2D eigenvalue weighted by Gasteiger charge is -2.06. The van der Waals surface area contributed by atoms with Crippen molar-refractivity contribution in [3.63, 3.8) is 0 Å². The maximum Gasteiger partial charge on any atom is 0.251 e. The fourth-order valence-corrected chi connectivity index (χ4v) is 2.09. The van der Waals surface area contributed by atoms with Gasteiger partial charge in [-0.25, -0.2) is 8.42 Å². The van der Waals surface area contributed by atoms with Crippen LogP contribution in [0, 0.1) is 0 Å². The zero-order valence-electron chi connectivity index (χ0n) is 10.6. The van der Waals surface area contributed by atoms with E-state index in [2.05, 4.69) is 5.32 Å². The van der Waals surface area contributed by atoms with Crippen LogP contribution in [-0.4, -0.2) is 46.2 Å². The van der Waals surface area contributed by atoms with E-state index >= 15 is 0 Å². The number of carbonyl (C=O) groups is 1. The fourth-order valence-electron chi connectivity index (χ4n) is 1.35. The van der Waals surface area contributed by atoms with Gasteiger partial charge in [-0.2, -0.15) is 0 Å². The van der Waals surface area contributed by atoms with Crippen LogP contribution in [0.5, 0.6) is 0 Å². The number of benzene rings is 1. The predicted molar refractivity (Wildman–Crippen MR) is 73.4 cm³/mol. The molecule has 0 atom stereocenters. The molecule has 1 rings (SSSR count). The molecule has 0 saturated carbocycles. The molecule has 19 heavy (non-hydrogen) atoms. The van der Waals surface area contributed by atoms with Crippen LogP contribution in [0.3, 0.4) is 0 Å². The lowest BCUT2D eigenvalue weighted by molar-refractivity contribution is 0.0923. The molecule has 1 amide bonds. The summed E-state index contributed by atoms with van der Waals surface area (Å²) < 4.78 is 27.6. The van der Waals surface area contributed by atoms with Gasteiger partial charge < -0.3 is 10.1 Å². The van der Waals surface area contributed by atoms with Crippen molar-refractivity contribution >= 4 is 27.3 Å². The third-order valence-electron chi connectivity index (χ3n) is 2.30. The molecule has 0 bridgehead atoms. The van der Waals surface area contributed by atoms with Gasteiger partial charge in [-0.3, -0.25) is 4.79 Å². The predicted octanol–water partition coefficient (Wildman–Crippen LogP) is 1.08. The van der Waals surface area contributed by atoms with Gasteiger partial charge in [0.1, 0.15) is 0 Å². The summed E-state index contributed by atoms with van der Waals surface area (Å²) >= 11 is 5.43. The Labute approximate surface area is 117 Å². The molecular formula is C12H16ClNO4S. The topological polar surface area (TPSA) is 72.5 Å². The summed E-state index contributed by atoms with van der Waals surface area (Å²) in [7, 11) is -3.24. The number of carbonyl (C=O) groups excluding carboxylic acids is 1. The molecule has 1 aromatic rings. The standard InChI is InChI=1S/C12H16ClNO4S/c1-19(16,17)11-4-2-10(3-5-11)12(15)14-7-9-18-8-6-13/h2-5H,6-9H2,1H3,(H,14,15). The van der Waals surface area contributed by atoms with Crippen LogP contribution >= 0.6 is 11.6 Å². The Hall–Kier alpha value is -1.11. The molecule has 0 aromatic heterocycles. The van der Waals surface area contributed by atoms with E-state index in [0.717, 1.165) is 6.26 Å². The van der Waals surface area contributed by atoms with E-state index < -0.39 is 9.84 Å². The third-order valence-corrected chi connectivity index (χ3v) is 3.58. The highest BCUT2D eigenvalue weighted by molar-refractivity contribution is 7.90. The normalized spacial score (nSPS) is 11.3. The van der Waals surface area contributed by atoms with Gasteiger partial charge in [0.05, 0.1) is 18.1 Å². The molecule has 1 aromatic carbocycles. The van der Waals surface area contributed by atoms with Gasteiger partial charge in [-0.05, 0) is 24.3 Å². The number of hydrogen-bond acceptors (Lipinski definition) is 4. The summed E-state index contributed by atoms with van der Waals surface area (Å²) in [4.78, 5) is 11.9. The van der Waals surface area contributed by atoms with Gasteiger partial charge in [0.2, 0.25) is 0 Å². The number of rotatable bonds is 7. The molecule has 0 radical (unpaired) electrons. The van der Waals surface area contributed by atoms with Crippen molar-refractivity contribution in [2.24, 2.45) is 0 Å². The summed E-state index contributed by atoms with van der Waals surface area (Å²) in [6.07, 6.45) is 1.12. The van der Waals surface area contributed by atoms with Crippen LogP contribution in [0.1, 0.15) is 10.4 Å². The summed E-state index contributed by atoms with van der Waals surface area (Å²) in [5, 5.41) is 2.66. The molecular weight excluding hydrogens is 290 g/mol. The second-order valence-electron chi connectivity index (χ2n) is 3.85. The molecule has 0 saturated heterocycles. The summed E-state index contributed by atoms with van der Waals surface area (Å²) in [6, 6.07) is 5.78. The minimum Gasteiger partial charge on any atom is -0.378 e. The van der Waals surface area contributed by atoms with E-state index in [1.807, 2.05) is 0 Å². The summed E-state index contributed by atoms with van der Waals surface area (Å²) in [5.41, 5.74) is 0.407. The minimum absolute atomic E-state index is 0.189. The highest BCUT2D eigenvalue weighted by atomic mass is 35.5. The third kappa shape index (κ3) is 5.59. The number of halogens is 1. The number of nitrogens with one attached hydrogen (secondary N) is 1. The van der Waals surface area contributed by atoms with Crippen molar-refractivity contribution in [2.45, 2.75) is 4.90 Å². The molecule has 0 fully saturated rings. The smallest absolute Gasteiger partial charge is 0.251 e. The summed E-state index contributed by atoms with van der Waals surface area (Å²) in [5.74, 6) is 0.149. The highest BCUT2D eigenvalue weighted by Gasteiger charge is 2.09. The molecule has 0 aliphatic heterocycles. The van der Waals surface area contributed by atoms with Crippen molar-refractivity contribution in [2.75, 3.05) is 31.9 Å². The Bertz CT molecular complexity index is 513. The lowest BCUT2D eigenvalue weighted by atomic mass is 10.2. The molecule has 7 heteroatoms. The monoisotopic (exact) mass is 305 g/mol. The molecule has 0 aliphatic rings. The van der Waals surface area contributed by atoms with Crippen LogP contribution < -0.4 is 5.32 Å². The van der Waals surface area contributed by atoms with Gasteiger partial charge in [0.25, 0.3) is 5.91 Å². The van der Waals surface area contributed by atoms with Crippen molar-refractivity contribution in [3.8, 4) is 0 Å². The van der Waals surface area contributed by atoms with Crippen molar-refractivity contribution in [1.82, 2.24) is 5.32 Å². The molecule has 0 spiro atoms. The first-order chi connectivity index (χ1) is 8.95. The van der Waals surface area contributed by atoms with Gasteiger partial charge in [-0.1, -0.05) is 0 Å². The average molecular weight is 306 g/mol. The number of hydrogen-bond donors (Lipinski definition) is 1. The molecule has 106 valence electrons. The number of alkyl halides is 1. The maximum absolute atomic E-state index is 11.7. The first kappa shape index (κ1) is 15.9. The largest absolute Gasteiger partial charge is 0.378 e. The SMILES string of the molecule is CS(=O)(=O)c1ccc(C(=O)NCCOCCCl)cc1. The molecule has 1 N–H and O–H groups in total. The van der Waals surface area contributed by atoms with E-state index in [9.17, 15) is 13.2 Å². The minimum atomic E-state index is -3.24. The quantitative estimate of drug-likeness (QED) is 0.604. The second-order valence-corrected chi connectivity index (χ2v) is 6.25. The van der Waals surface area contributed by atoms with Crippen molar-refractivity contribution in [3.05, 3.63) is 29.8 Å². The number of amides is 1. The van der Waals surface area contributed by atoms with Gasteiger partial charge in [0, 0.05) is 24.2 Å². The van der Waals surface area contributed by atoms with E-state index in [-0.39, 0.29) is 10.8 Å². The summed E-state index contributed by atoms with van der Waals surface area (Å²) in [6.45, 7) is 1.21. The van der Waals surface area contributed by atoms with E-state index in [1.54, 1.807) is 0 Å². The Kier molecular flexibility index (Phi) is 6.27. The van der Waals surface area contributed by atoms with E-state index in [1.165, 1.54) is 24.3 Å². The van der Waals surface area contributed by atoms with Crippen LogP contribution in [0.15, 0.2) is 29.2 Å². The van der Waals surface area contributed by atoms with Crippen LogP contribution in [0.4, 0.5) is 0 Å². The van der Waals surface area contributed by atoms with Gasteiger partial charge in [-0.15, -0.1) is 11.6 Å². The Morgan fingerprint density at radius 1 is 1.26 bits per heavy atom. The molecule has 0 heterocycles. The van der Waals surface area contributed by atoms with Gasteiger partial charge in [0.15, 0.2) is 9.84 Å². The van der Waals surface area contributed by atoms with Crippen molar-refractivity contribution in [1.29, 1.82) is 0 Å². The molecule has 0 aliphatic carbocycles. The van der Waals surface area contributed by atoms with Crippen molar-refractivity contribution < 1.29 is 17.9 Å². The lowest BCUT2D eigenvalue weighted by Crippen LogP contribution is -2.27. The molecule has 0 unspecified atom stereocenters. The maximum atomic E-state index is 11.7. The van der Waals surface area contributed by atoms with Crippen LogP contribution in [0.2, 0.25) is 0 Å². The zero-order valence-corrected chi connectivity index (χ0v) is 12.1. The van der Waals surface area contributed by atoms with E-state index in [4.69, 9.17) is 16.3 Å². The van der Waals surface area contributed by atoms with E-state index in [0.29, 0.717) is 31.2 Å². The number of ether oxygens (including phenoxy) is 1. The Morgan fingerprint density at radius 3 is 2.42 bits per heavy atom. The fraction of sp³-hybridized carbons (Fsp3) is 0.417. The average Bonchev–Trinajstić information content (AvgIpc) is 2.37. The Balaban J connectivity index is 2.50.